The highest BCUT2D eigenvalue weighted by molar-refractivity contribution is 6.12. The number of carbonyl (C=O) groups is 1. The average Bonchev–Trinajstić information content (AvgIpc) is 3.13. The number of aryl methyl sites for hydroxylation is 1. The number of rotatable bonds is 6. The topological polar surface area (TPSA) is 57.1 Å². The van der Waals surface area contributed by atoms with Gasteiger partial charge in [0.1, 0.15) is 12.4 Å². The molecule has 0 amide bonds. The van der Waals surface area contributed by atoms with Crippen LogP contribution in [0, 0.1) is 12.7 Å². The molecule has 1 aliphatic rings. The Kier molecular flexibility index (Phi) is 5.80. The maximum atomic E-state index is 13.1. The predicted molar refractivity (Wildman–Crippen MR) is 116 cm³/mol. The van der Waals surface area contributed by atoms with Crippen LogP contribution in [0.5, 0.6) is 11.5 Å². The Bertz CT molecular complexity index is 1180. The summed E-state index contributed by atoms with van der Waals surface area (Å²) in [6.07, 6.45) is 1.61. The van der Waals surface area contributed by atoms with Crippen molar-refractivity contribution in [3.8, 4) is 11.5 Å². The Morgan fingerprint density at radius 1 is 1.03 bits per heavy atom. The van der Waals surface area contributed by atoms with Gasteiger partial charge in [-0.2, -0.15) is 0 Å². The first kappa shape index (κ1) is 20.3. The van der Waals surface area contributed by atoms with Crippen LogP contribution in [-0.2, 0) is 16.1 Å². The fraction of sp³-hybridized carbons (Fsp3) is 0.120. The molecule has 0 saturated carbocycles. The highest BCUT2D eigenvalue weighted by Crippen LogP contribution is 2.30. The lowest BCUT2D eigenvalue weighted by atomic mass is 10.1. The normalized spacial score (nSPS) is 14.4. The molecule has 6 heteroatoms. The number of ether oxygens (including phenoxy) is 3. The van der Waals surface area contributed by atoms with Crippen molar-refractivity contribution < 1.29 is 23.4 Å². The van der Waals surface area contributed by atoms with Crippen molar-refractivity contribution in [2.75, 3.05) is 7.11 Å². The molecule has 4 rings (SSSR count). The Hall–Kier alpha value is -3.93. The average molecular weight is 417 g/mol. The number of carbonyl (C=O) groups excluding carboxylic acids is 1. The quantitative estimate of drug-likeness (QED) is 0.415. The third-order valence-electron chi connectivity index (χ3n) is 4.68. The van der Waals surface area contributed by atoms with Gasteiger partial charge in [0.05, 0.1) is 7.11 Å². The van der Waals surface area contributed by atoms with Gasteiger partial charge in [0.2, 0.25) is 5.90 Å². The van der Waals surface area contributed by atoms with Gasteiger partial charge < -0.3 is 14.2 Å². The van der Waals surface area contributed by atoms with E-state index in [4.69, 9.17) is 14.2 Å². The molecule has 0 bridgehead atoms. The van der Waals surface area contributed by atoms with Crippen LogP contribution in [0.2, 0.25) is 0 Å². The second kappa shape index (κ2) is 8.83. The molecular weight excluding hydrogens is 397 g/mol. The van der Waals surface area contributed by atoms with Gasteiger partial charge in [-0.15, -0.1) is 0 Å². The van der Waals surface area contributed by atoms with Crippen molar-refractivity contribution in [2.45, 2.75) is 13.5 Å². The molecule has 0 spiro atoms. The zero-order chi connectivity index (χ0) is 21.8. The molecule has 3 aromatic rings. The van der Waals surface area contributed by atoms with Gasteiger partial charge in [0, 0.05) is 5.56 Å². The number of hydrogen-bond donors (Lipinski definition) is 0. The van der Waals surface area contributed by atoms with E-state index in [0.29, 0.717) is 29.2 Å². The Morgan fingerprint density at radius 3 is 2.58 bits per heavy atom. The van der Waals surface area contributed by atoms with Crippen LogP contribution in [0.15, 0.2) is 77.4 Å². The van der Waals surface area contributed by atoms with Crippen molar-refractivity contribution in [1.82, 2.24) is 0 Å². The number of halogens is 1. The van der Waals surface area contributed by atoms with E-state index in [0.717, 1.165) is 11.1 Å². The van der Waals surface area contributed by atoms with Crippen LogP contribution >= 0.6 is 0 Å². The second-order valence-electron chi connectivity index (χ2n) is 7.03. The summed E-state index contributed by atoms with van der Waals surface area (Å²) in [5.41, 5.74) is 3.57. The zero-order valence-corrected chi connectivity index (χ0v) is 17.1. The lowest BCUT2D eigenvalue weighted by molar-refractivity contribution is -0.129. The molecule has 5 nitrogen and oxygen atoms in total. The minimum absolute atomic E-state index is 0.140. The van der Waals surface area contributed by atoms with Crippen LogP contribution in [0.25, 0.3) is 6.08 Å². The molecule has 0 aliphatic carbocycles. The van der Waals surface area contributed by atoms with Gasteiger partial charge in [-0.05, 0) is 60.5 Å². The van der Waals surface area contributed by atoms with E-state index in [-0.39, 0.29) is 17.4 Å². The second-order valence-corrected chi connectivity index (χ2v) is 7.03. The Labute approximate surface area is 179 Å². The number of nitrogens with zero attached hydrogens (tertiary/aromatic N) is 1. The van der Waals surface area contributed by atoms with Crippen molar-refractivity contribution in [1.29, 1.82) is 0 Å². The first-order valence-corrected chi connectivity index (χ1v) is 9.67. The fourth-order valence-electron chi connectivity index (χ4n) is 3.14. The number of esters is 1. The van der Waals surface area contributed by atoms with E-state index in [1.54, 1.807) is 31.4 Å². The molecule has 1 aliphatic heterocycles. The third kappa shape index (κ3) is 4.80. The molecule has 0 saturated heterocycles. The highest BCUT2D eigenvalue weighted by atomic mass is 19.1. The van der Waals surface area contributed by atoms with Crippen LogP contribution < -0.4 is 9.47 Å². The van der Waals surface area contributed by atoms with Gasteiger partial charge in [-0.3, -0.25) is 0 Å². The molecule has 31 heavy (non-hydrogen) atoms. The fourth-order valence-corrected chi connectivity index (χ4v) is 3.14. The molecule has 0 radical (unpaired) electrons. The molecule has 0 N–H and O–H groups in total. The highest BCUT2D eigenvalue weighted by Gasteiger charge is 2.24. The van der Waals surface area contributed by atoms with E-state index < -0.39 is 5.97 Å². The van der Waals surface area contributed by atoms with Crippen LogP contribution in [0.4, 0.5) is 4.39 Å². The molecule has 0 aromatic heterocycles. The van der Waals surface area contributed by atoms with Crippen LogP contribution in [0.3, 0.4) is 0 Å². The van der Waals surface area contributed by atoms with E-state index >= 15 is 0 Å². The molecule has 0 fully saturated rings. The Morgan fingerprint density at radius 2 is 1.84 bits per heavy atom. The van der Waals surface area contributed by atoms with Crippen LogP contribution in [-0.4, -0.2) is 19.0 Å². The molecule has 0 unspecified atom stereocenters. The summed E-state index contributed by atoms with van der Waals surface area (Å²) < 4.78 is 29.7. The molecule has 0 atom stereocenters. The summed E-state index contributed by atoms with van der Waals surface area (Å²) in [5.74, 6) is 0.325. The lowest BCUT2D eigenvalue weighted by Crippen LogP contribution is -2.05. The Balaban J connectivity index is 1.57. The number of methoxy groups -OCH3 is 1. The van der Waals surface area contributed by atoms with E-state index in [1.807, 2.05) is 25.1 Å². The maximum absolute atomic E-state index is 13.1. The molecular formula is C25H20FNO4. The van der Waals surface area contributed by atoms with Crippen molar-refractivity contribution in [2.24, 2.45) is 4.99 Å². The minimum Gasteiger partial charge on any atom is -0.493 e. The summed E-state index contributed by atoms with van der Waals surface area (Å²) in [6.45, 7) is 2.41. The summed E-state index contributed by atoms with van der Waals surface area (Å²) in [7, 11) is 1.57. The number of hydrogen-bond acceptors (Lipinski definition) is 5. The van der Waals surface area contributed by atoms with Gasteiger partial charge in [0.15, 0.2) is 17.2 Å². The SMILES string of the molecule is COc1ccc(/C=C2\N=C(c3ccc(F)cc3)OC2=O)cc1OCc1cccc(C)c1. The summed E-state index contributed by atoms with van der Waals surface area (Å²) >= 11 is 0. The standard InChI is InChI=1S/C25H20FNO4/c1-16-4-3-5-18(12-16)15-30-23-14-17(6-11-22(23)29-2)13-21-25(28)31-24(27-21)19-7-9-20(26)10-8-19/h3-14H,15H2,1-2H3/b21-13-. The van der Waals surface area contributed by atoms with Crippen LogP contribution in [0.1, 0.15) is 22.3 Å². The van der Waals surface area contributed by atoms with Crippen molar-refractivity contribution in [3.05, 3.63) is 100 Å². The summed E-state index contributed by atoms with van der Waals surface area (Å²) in [5, 5.41) is 0. The van der Waals surface area contributed by atoms with Gasteiger partial charge >= 0.3 is 5.97 Å². The van der Waals surface area contributed by atoms with E-state index in [2.05, 4.69) is 11.1 Å². The maximum Gasteiger partial charge on any atom is 0.363 e. The zero-order valence-electron chi connectivity index (χ0n) is 17.1. The number of benzene rings is 3. The first-order chi connectivity index (χ1) is 15.0. The van der Waals surface area contributed by atoms with Gasteiger partial charge in [-0.25, -0.2) is 14.2 Å². The third-order valence-corrected chi connectivity index (χ3v) is 4.68. The smallest absolute Gasteiger partial charge is 0.363 e. The van der Waals surface area contributed by atoms with E-state index in [9.17, 15) is 9.18 Å². The summed E-state index contributed by atoms with van der Waals surface area (Å²) in [4.78, 5) is 16.5. The summed E-state index contributed by atoms with van der Waals surface area (Å²) in [6, 6.07) is 19.0. The number of cyclic esters (lactones) is 1. The van der Waals surface area contributed by atoms with Crippen molar-refractivity contribution >= 4 is 17.9 Å². The van der Waals surface area contributed by atoms with E-state index in [1.165, 1.54) is 24.3 Å². The molecule has 3 aromatic carbocycles. The van der Waals surface area contributed by atoms with Gasteiger partial charge in [0.25, 0.3) is 0 Å². The predicted octanol–water partition coefficient (Wildman–Crippen LogP) is 5.07. The first-order valence-electron chi connectivity index (χ1n) is 9.67. The van der Waals surface area contributed by atoms with Gasteiger partial charge in [-0.1, -0.05) is 35.9 Å². The molecule has 156 valence electrons. The largest absolute Gasteiger partial charge is 0.493 e. The lowest BCUT2D eigenvalue weighted by Gasteiger charge is -2.12. The number of aliphatic imine (C=N–C) groups is 1. The monoisotopic (exact) mass is 417 g/mol. The molecule has 1 heterocycles. The minimum atomic E-state index is -0.572. The van der Waals surface area contributed by atoms with Crippen molar-refractivity contribution in [3.63, 3.8) is 0 Å².